The van der Waals surface area contributed by atoms with Gasteiger partial charge in [0.05, 0.1) is 6.61 Å². The van der Waals surface area contributed by atoms with Crippen LogP contribution in [0, 0.1) is 12.8 Å². The minimum Gasteiger partial charge on any atom is -0.384 e. The molecule has 5 heteroatoms. The first-order valence-electron chi connectivity index (χ1n) is 5.44. The van der Waals surface area contributed by atoms with Crippen LogP contribution in [0.5, 0.6) is 0 Å². The van der Waals surface area contributed by atoms with Crippen LogP contribution in [0.15, 0.2) is 6.07 Å². The normalized spacial score (nSPS) is 20.4. The van der Waals surface area contributed by atoms with Gasteiger partial charge in [-0.05, 0) is 24.9 Å². The van der Waals surface area contributed by atoms with Crippen molar-refractivity contribution in [2.45, 2.75) is 13.3 Å². The van der Waals surface area contributed by atoms with Crippen molar-refractivity contribution in [3.05, 3.63) is 17.0 Å². The molecule has 0 N–H and O–H groups in total. The van der Waals surface area contributed by atoms with Gasteiger partial charge in [0, 0.05) is 37.9 Å². The molecule has 2 rings (SSSR count). The number of nitrogens with zero attached hydrogens (tertiary/aromatic N) is 3. The van der Waals surface area contributed by atoms with Crippen LogP contribution in [0.25, 0.3) is 0 Å². The lowest BCUT2D eigenvalue weighted by Crippen LogP contribution is -2.22. The van der Waals surface area contributed by atoms with Crippen molar-refractivity contribution in [3.63, 3.8) is 0 Å². The lowest BCUT2D eigenvalue weighted by molar-refractivity contribution is 0.161. The second-order valence-corrected chi connectivity index (χ2v) is 4.53. The summed E-state index contributed by atoms with van der Waals surface area (Å²) in [6.07, 6.45) is 1.15. The molecule has 0 aliphatic carbocycles. The molecule has 1 unspecified atom stereocenters. The van der Waals surface area contributed by atoms with E-state index in [9.17, 15) is 0 Å². The highest BCUT2D eigenvalue weighted by Gasteiger charge is 2.23. The van der Waals surface area contributed by atoms with E-state index in [0.29, 0.717) is 11.2 Å². The summed E-state index contributed by atoms with van der Waals surface area (Å²) in [5, 5.41) is 0.324. The lowest BCUT2D eigenvalue weighted by Gasteiger charge is -2.17. The van der Waals surface area contributed by atoms with Crippen LogP contribution in [-0.4, -0.2) is 36.8 Å². The summed E-state index contributed by atoms with van der Waals surface area (Å²) in [6.45, 7) is 4.75. The molecule has 1 aromatic heterocycles. The average molecular weight is 242 g/mol. The highest BCUT2D eigenvalue weighted by atomic mass is 35.5. The molecule has 0 spiro atoms. The van der Waals surface area contributed by atoms with Gasteiger partial charge < -0.3 is 9.64 Å². The molecule has 0 amide bonds. The third-order valence-electron chi connectivity index (χ3n) is 2.83. The van der Waals surface area contributed by atoms with Crippen molar-refractivity contribution in [2.75, 3.05) is 31.7 Å². The number of ether oxygens (including phenoxy) is 1. The smallest absolute Gasteiger partial charge is 0.224 e. The van der Waals surface area contributed by atoms with Crippen LogP contribution >= 0.6 is 11.6 Å². The fourth-order valence-corrected chi connectivity index (χ4v) is 2.31. The molecule has 0 bridgehead atoms. The Balaban J connectivity index is 2.08. The van der Waals surface area contributed by atoms with Gasteiger partial charge in [0.25, 0.3) is 0 Å². The predicted octanol–water partition coefficient (Wildman–Crippen LogP) is 1.91. The minimum atomic E-state index is 0.324. The second kappa shape index (κ2) is 4.97. The van der Waals surface area contributed by atoms with Gasteiger partial charge in [-0.2, -0.15) is 0 Å². The summed E-state index contributed by atoms with van der Waals surface area (Å²) in [6, 6.07) is 1.97. The van der Waals surface area contributed by atoms with E-state index in [1.54, 1.807) is 7.11 Å². The SMILES string of the molecule is COCC1CCN(c2cc(C)nc(Cl)n2)C1. The van der Waals surface area contributed by atoms with Gasteiger partial charge in [-0.3, -0.25) is 0 Å². The molecule has 4 nitrogen and oxygen atoms in total. The van der Waals surface area contributed by atoms with Crippen molar-refractivity contribution in [2.24, 2.45) is 5.92 Å². The Morgan fingerprint density at radius 2 is 2.38 bits per heavy atom. The van der Waals surface area contributed by atoms with E-state index < -0.39 is 0 Å². The van der Waals surface area contributed by atoms with E-state index in [1.807, 2.05) is 13.0 Å². The Labute approximate surface area is 101 Å². The summed E-state index contributed by atoms with van der Waals surface area (Å²) in [5.41, 5.74) is 0.908. The monoisotopic (exact) mass is 241 g/mol. The van der Waals surface area contributed by atoms with Gasteiger partial charge in [-0.15, -0.1) is 0 Å². The average Bonchev–Trinajstić information content (AvgIpc) is 2.65. The fourth-order valence-electron chi connectivity index (χ4n) is 2.09. The summed E-state index contributed by atoms with van der Waals surface area (Å²) in [4.78, 5) is 10.6. The summed E-state index contributed by atoms with van der Waals surface area (Å²) in [5.74, 6) is 1.52. The third-order valence-corrected chi connectivity index (χ3v) is 2.99. The molecule has 0 aromatic carbocycles. The van der Waals surface area contributed by atoms with Crippen LogP contribution in [-0.2, 0) is 4.74 Å². The quantitative estimate of drug-likeness (QED) is 0.758. The molecule has 0 radical (unpaired) electrons. The molecule has 0 saturated carbocycles. The molecule has 1 aliphatic heterocycles. The van der Waals surface area contributed by atoms with E-state index in [2.05, 4.69) is 14.9 Å². The summed E-state index contributed by atoms with van der Waals surface area (Å²) >= 11 is 5.85. The van der Waals surface area contributed by atoms with Crippen molar-refractivity contribution >= 4 is 17.4 Å². The molecule has 88 valence electrons. The Morgan fingerprint density at radius 3 is 3.06 bits per heavy atom. The standard InChI is InChI=1S/C11H16ClN3O/c1-8-5-10(14-11(12)13-8)15-4-3-9(6-15)7-16-2/h5,9H,3-4,6-7H2,1-2H3. The number of methoxy groups -OCH3 is 1. The van der Waals surface area contributed by atoms with Gasteiger partial charge in [-0.25, -0.2) is 9.97 Å². The molecule has 1 aromatic rings. The van der Waals surface area contributed by atoms with E-state index >= 15 is 0 Å². The molecule has 1 atom stereocenters. The van der Waals surface area contributed by atoms with Crippen molar-refractivity contribution < 1.29 is 4.74 Å². The zero-order valence-electron chi connectivity index (χ0n) is 9.61. The Hall–Kier alpha value is -0.870. The number of hydrogen-bond acceptors (Lipinski definition) is 4. The predicted molar refractivity (Wildman–Crippen MR) is 64.0 cm³/mol. The Kier molecular flexibility index (Phi) is 3.61. The number of hydrogen-bond donors (Lipinski definition) is 0. The largest absolute Gasteiger partial charge is 0.384 e. The maximum atomic E-state index is 5.85. The van der Waals surface area contributed by atoms with Crippen LogP contribution in [0.1, 0.15) is 12.1 Å². The van der Waals surface area contributed by atoms with Gasteiger partial charge in [0.2, 0.25) is 5.28 Å². The van der Waals surface area contributed by atoms with E-state index in [0.717, 1.165) is 37.6 Å². The van der Waals surface area contributed by atoms with Crippen LogP contribution in [0.2, 0.25) is 5.28 Å². The molecule has 1 aliphatic rings. The first kappa shape index (κ1) is 11.6. The topological polar surface area (TPSA) is 38.2 Å². The minimum absolute atomic E-state index is 0.324. The number of rotatable bonds is 3. The maximum Gasteiger partial charge on any atom is 0.224 e. The second-order valence-electron chi connectivity index (χ2n) is 4.19. The first-order valence-corrected chi connectivity index (χ1v) is 5.82. The number of aryl methyl sites for hydroxylation is 1. The summed E-state index contributed by atoms with van der Waals surface area (Å²) < 4.78 is 5.17. The zero-order valence-corrected chi connectivity index (χ0v) is 10.4. The van der Waals surface area contributed by atoms with E-state index in [4.69, 9.17) is 16.3 Å². The molecule has 1 saturated heterocycles. The third kappa shape index (κ3) is 2.62. The van der Waals surface area contributed by atoms with Crippen LogP contribution in [0.4, 0.5) is 5.82 Å². The number of aromatic nitrogens is 2. The van der Waals surface area contributed by atoms with Crippen LogP contribution < -0.4 is 4.90 Å². The van der Waals surface area contributed by atoms with Crippen LogP contribution in [0.3, 0.4) is 0 Å². The van der Waals surface area contributed by atoms with E-state index in [1.165, 1.54) is 0 Å². The van der Waals surface area contributed by atoms with Crippen molar-refractivity contribution in [1.82, 2.24) is 9.97 Å². The summed E-state index contributed by atoms with van der Waals surface area (Å²) in [7, 11) is 1.74. The molecular formula is C11H16ClN3O. The van der Waals surface area contributed by atoms with Gasteiger partial charge in [-0.1, -0.05) is 0 Å². The molecular weight excluding hydrogens is 226 g/mol. The molecule has 16 heavy (non-hydrogen) atoms. The fraction of sp³-hybridized carbons (Fsp3) is 0.636. The highest BCUT2D eigenvalue weighted by molar-refractivity contribution is 6.28. The van der Waals surface area contributed by atoms with Gasteiger partial charge in [0.15, 0.2) is 0 Å². The maximum absolute atomic E-state index is 5.85. The zero-order chi connectivity index (χ0) is 11.5. The number of halogens is 1. The Bertz CT molecular complexity index is 352. The van der Waals surface area contributed by atoms with E-state index in [-0.39, 0.29) is 0 Å². The van der Waals surface area contributed by atoms with Crippen molar-refractivity contribution in [3.8, 4) is 0 Å². The highest BCUT2D eigenvalue weighted by Crippen LogP contribution is 2.23. The molecule has 2 heterocycles. The molecule has 1 fully saturated rings. The van der Waals surface area contributed by atoms with Gasteiger partial charge >= 0.3 is 0 Å². The van der Waals surface area contributed by atoms with Gasteiger partial charge in [0.1, 0.15) is 5.82 Å². The van der Waals surface area contributed by atoms with Crippen molar-refractivity contribution in [1.29, 1.82) is 0 Å². The number of anilines is 1. The Morgan fingerprint density at radius 1 is 1.56 bits per heavy atom. The lowest BCUT2D eigenvalue weighted by atomic mass is 10.1. The first-order chi connectivity index (χ1) is 7.69.